The van der Waals surface area contributed by atoms with Gasteiger partial charge >= 0.3 is 0 Å². The Morgan fingerprint density at radius 3 is 1.31 bits per heavy atom. The molecule has 0 aliphatic heterocycles. The summed E-state index contributed by atoms with van der Waals surface area (Å²) in [6.07, 6.45) is 15.3. The lowest BCUT2D eigenvalue weighted by atomic mass is 9.99. The Kier molecular flexibility index (Phi) is 19.4. The van der Waals surface area contributed by atoms with E-state index < -0.39 is 46.0 Å². The van der Waals surface area contributed by atoms with Gasteiger partial charge in [0.2, 0.25) is 30.1 Å². The molecule has 8 aromatic heterocycles. The predicted molar refractivity (Wildman–Crippen MR) is 432 cm³/mol. The molecule has 524 valence electrons. The van der Waals surface area contributed by atoms with Gasteiger partial charge in [-0.05, 0) is 153 Å². The summed E-state index contributed by atoms with van der Waals surface area (Å²) < 4.78 is 78.9. The zero-order chi connectivity index (χ0) is 74.3. The Morgan fingerprint density at radius 2 is 0.849 bits per heavy atom. The molecule has 0 fully saturated rings. The number of aldehydes is 1. The molecule has 0 aliphatic rings. The molecule has 17 rings (SSSR count). The van der Waals surface area contributed by atoms with Gasteiger partial charge in [-0.1, -0.05) is 91.0 Å². The van der Waals surface area contributed by atoms with Gasteiger partial charge in [-0.15, -0.1) is 0 Å². The summed E-state index contributed by atoms with van der Waals surface area (Å²) in [5, 5.41) is 26.0. The maximum Gasteiger partial charge on any atom is 0.229 e. The number of aromatic amines is 3. The van der Waals surface area contributed by atoms with Crippen LogP contribution in [-0.4, -0.2) is 143 Å². The number of carbonyl (C=O) groups is 1. The van der Waals surface area contributed by atoms with Crippen molar-refractivity contribution in [1.82, 2.24) is 64.2 Å². The van der Waals surface area contributed by atoms with Crippen LogP contribution in [0, 0.1) is 0 Å². The molecule has 0 saturated heterocycles. The summed E-state index contributed by atoms with van der Waals surface area (Å²) in [5.74, 6) is 1.18. The number of pyridine rings is 3. The highest BCUT2D eigenvalue weighted by atomic mass is 32.2. The Labute approximate surface area is 612 Å². The maximum absolute atomic E-state index is 11.6. The molecule has 9 aromatic carbocycles. The molecule has 0 amide bonds. The quantitative estimate of drug-likeness (QED) is 0.0217. The molecular weight excluding hydrogens is 1430 g/mol. The van der Waals surface area contributed by atoms with Gasteiger partial charge in [0.25, 0.3) is 0 Å². The van der Waals surface area contributed by atoms with Gasteiger partial charge < -0.3 is 21.4 Å². The Morgan fingerprint density at radius 1 is 0.434 bits per heavy atom. The van der Waals surface area contributed by atoms with Gasteiger partial charge in [-0.25, -0.2) is 35.2 Å². The van der Waals surface area contributed by atoms with Crippen molar-refractivity contribution in [2.24, 2.45) is 0 Å². The number of aromatic nitrogens is 13. The summed E-state index contributed by atoms with van der Waals surface area (Å²) in [7, 11) is 0.346. The number of anilines is 5. The minimum atomic E-state index is -3.39. The summed E-state index contributed by atoms with van der Waals surface area (Å²) in [5.41, 5.74) is 26.5. The van der Waals surface area contributed by atoms with E-state index >= 15 is 0 Å². The average molecular weight is 1500 g/mol. The van der Waals surface area contributed by atoms with Gasteiger partial charge in [0, 0.05) is 86.2 Å². The molecule has 32 heteroatoms. The highest BCUT2D eigenvalue weighted by Gasteiger charge is 2.21. The molecule has 2 atom stereocenters. The first-order valence-electron chi connectivity index (χ1n) is 32.3. The van der Waals surface area contributed by atoms with Crippen molar-refractivity contribution in [2.45, 2.75) is 0 Å². The molecule has 0 saturated carbocycles. The largest absolute Gasteiger partial charge is 0.397 e. The second-order valence-electron chi connectivity index (χ2n) is 24.9. The van der Waals surface area contributed by atoms with Gasteiger partial charge in [0.05, 0.1) is 85.8 Å². The highest BCUT2D eigenvalue weighted by molar-refractivity contribution is 7.92. The van der Waals surface area contributed by atoms with Crippen LogP contribution in [0.5, 0.6) is 0 Å². The normalized spacial score (nSPS) is 12.3. The van der Waals surface area contributed by atoms with Gasteiger partial charge in [0.1, 0.15) is 32.2 Å². The van der Waals surface area contributed by atoms with Crippen LogP contribution in [0.25, 0.3) is 144 Å². The second kappa shape index (κ2) is 29.0. The first-order valence-corrected chi connectivity index (χ1v) is 41.6. The number of fused-ring (bicyclic) bond motifs is 8. The summed E-state index contributed by atoms with van der Waals surface area (Å²) >= 11 is 0. The standard InChI is InChI=1S/C25H20BN6O2PS.C24H18N6O2S.C18H13BN3OP.C7H11N3O2S/c1-35(26)32-23-10-7-15(20-14-27-13-16-5-3-4-6-18(16)20)11-19(23)24(30-32)25-28-21-9-8-17(12-22(21)29-25)31-36(2,33)34;1-33(31,32)30-16-7-9-21-22(11-16)27-24(26-21)23-18-10-14(6-8-20(18)28-29-23)19-13-25-12-15-4-2-3-5-17(15)19;1-24(19)22-18-7-6-12(8-15(18)17(11-23)21-22)16-10-20-9-13-4-2-3-5-14(13)16;1-13(11,12)10-5-2-3-6(8)7(9)4-5/h3-14,31H,1-2H3,(H,28,29);2-13,30H,1H3,(H,26,27)(H,28,29);2-11H,1H3;2-4,10H,8-9H2,1H3. The number of nitrogen functional groups attached to an aromatic ring is 2. The number of nitrogens with zero attached hydrogens (tertiary/aromatic N) is 10. The van der Waals surface area contributed by atoms with Crippen molar-refractivity contribution >= 4 is 183 Å². The second-order valence-corrected chi connectivity index (χ2v) is 33.2. The van der Waals surface area contributed by atoms with E-state index in [1.165, 1.54) is 6.07 Å². The molecule has 25 nitrogen and oxygen atoms in total. The van der Waals surface area contributed by atoms with Crippen LogP contribution in [0.3, 0.4) is 0 Å². The maximum atomic E-state index is 11.6. The number of hydrogen-bond donors (Lipinski definition) is 8. The number of rotatable bonds is 14. The summed E-state index contributed by atoms with van der Waals surface area (Å²) in [6, 6.07) is 57.7. The van der Waals surface area contributed by atoms with Crippen LogP contribution >= 0.6 is 15.9 Å². The van der Waals surface area contributed by atoms with E-state index in [9.17, 15) is 30.0 Å². The van der Waals surface area contributed by atoms with Crippen molar-refractivity contribution in [3.8, 4) is 56.4 Å². The Balaban J connectivity index is 0.000000125. The van der Waals surface area contributed by atoms with E-state index in [4.69, 9.17) is 36.7 Å². The van der Waals surface area contributed by atoms with Gasteiger partial charge in [-0.2, -0.15) is 15.3 Å². The van der Waals surface area contributed by atoms with Crippen molar-refractivity contribution in [3.05, 3.63) is 225 Å². The van der Waals surface area contributed by atoms with E-state index in [1.807, 2.05) is 134 Å². The summed E-state index contributed by atoms with van der Waals surface area (Å²) in [4.78, 5) is 40.6. The average Bonchev–Trinajstić information content (AvgIpc) is 1.60. The number of hydrogen-bond acceptors (Lipinski definition) is 17. The zero-order valence-electron chi connectivity index (χ0n) is 57.1. The van der Waals surface area contributed by atoms with Crippen molar-refractivity contribution in [2.75, 3.05) is 57.7 Å². The van der Waals surface area contributed by atoms with E-state index in [-0.39, 0.29) is 0 Å². The Hall–Kier alpha value is -11.9. The molecule has 8 heterocycles. The number of carbonyl (C=O) groups excluding carboxylic acids is 1. The topological polar surface area (TPSA) is 368 Å². The minimum absolute atomic E-state index is 0.355. The van der Waals surface area contributed by atoms with Crippen LogP contribution in [0.1, 0.15) is 10.5 Å². The first kappa shape index (κ1) is 71.1. The van der Waals surface area contributed by atoms with E-state index in [0.29, 0.717) is 73.7 Å². The lowest BCUT2D eigenvalue weighted by molar-refractivity contribution is 0.112. The summed E-state index contributed by atoms with van der Waals surface area (Å²) in [6.45, 7) is 3.84. The fourth-order valence-corrected chi connectivity index (χ4v) is 15.5. The molecule has 0 aliphatic carbocycles. The zero-order valence-corrected chi connectivity index (χ0v) is 61.4. The minimum Gasteiger partial charge on any atom is -0.397 e. The van der Waals surface area contributed by atoms with Gasteiger partial charge in [-0.3, -0.25) is 47.9 Å². The first-order chi connectivity index (χ1) is 50.8. The lowest BCUT2D eigenvalue weighted by Gasteiger charge is -2.09. The van der Waals surface area contributed by atoms with Crippen LogP contribution in [0.2, 0.25) is 0 Å². The SMILES string of the molecule is CS(=O)(=O)Nc1ccc(N)c(N)c1.CS(=O)(=O)Nc1ccc2nc(-c3n[nH]c4ccc(-c5cncc6ccccc56)cc34)[nH]c2c1.[B]P(C)n1nc(-c2nc3ccc(NS(C)(=O)=O)cc3[nH]2)c2cc(-c3cncc4ccccc34)ccc21.[B]P(C)n1nc(C=O)c2cc(-c3cncc4ccccc34)ccc21. The monoisotopic (exact) mass is 1490 g/mol. The number of benzene rings is 9. The molecule has 10 N–H and O–H groups in total. The molecule has 106 heavy (non-hydrogen) atoms. The molecule has 4 radical (unpaired) electrons. The Bertz CT molecular complexity index is 6660. The van der Waals surface area contributed by atoms with Crippen LogP contribution in [0.15, 0.2) is 219 Å². The third-order valence-corrected chi connectivity index (χ3v) is 20.6. The number of H-pyrrole nitrogens is 3. The third kappa shape index (κ3) is 15.3. The molecule has 17 aromatic rings. The molecule has 0 spiro atoms. The van der Waals surface area contributed by atoms with Crippen LogP contribution < -0.4 is 25.6 Å². The van der Waals surface area contributed by atoms with Crippen molar-refractivity contribution < 1.29 is 30.0 Å². The molecule has 2 unspecified atom stereocenters. The smallest absolute Gasteiger partial charge is 0.229 e. The van der Waals surface area contributed by atoms with Gasteiger partial charge in [0.15, 0.2) is 17.9 Å². The van der Waals surface area contributed by atoms with E-state index in [1.54, 1.807) is 53.0 Å². The molecule has 0 bridgehead atoms. The number of nitrogens with one attached hydrogen (secondary N) is 6. The lowest BCUT2D eigenvalue weighted by Crippen LogP contribution is -2.09. The molecular formula is C74H62B2N18O7P2S3. The van der Waals surface area contributed by atoms with E-state index in [2.05, 4.69) is 108 Å². The van der Waals surface area contributed by atoms with Crippen molar-refractivity contribution in [1.29, 1.82) is 0 Å². The number of imidazole rings is 2. The highest BCUT2D eigenvalue weighted by Crippen LogP contribution is 2.41. The number of nitrogens with two attached hydrogens (primary N) is 2. The third-order valence-electron chi connectivity index (χ3n) is 17.0. The van der Waals surface area contributed by atoms with Crippen LogP contribution in [-0.2, 0) is 30.1 Å². The van der Waals surface area contributed by atoms with Crippen molar-refractivity contribution in [3.63, 3.8) is 0 Å². The fraction of sp³-hybridized carbons (Fsp3) is 0.0676. The van der Waals surface area contributed by atoms with Crippen LogP contribution in [0.4, 0.5) is 28.4 Å². The van der Waals surface area contributed by atoms with E-state index in [0.717, 1.165) is 129 Å². The predicted octanol–water partition coefficient (Wildman–Crippen LogP) is 14.1. The fourth-order valence-electron chi connectivity index (χ4n) is 12.4. The number of sulfonamides is 3.